The third kappa shape index (κ3) is 5.77. The lowest BCUT2D eigenvalue weighted by atomic mass is 10.1. The number of benzene rings is 2. The Morgan fingerprint density at radius 3 is 2.50 bits per heavy atom. The minimum absolute atomic E-state index is 0.128. The molecule has 26 heavy (non-hydrogen) atoms. The van der Waals surface area contributed by atoms with Crippen molar-refractivity contribution in [2.75, 3.05) is 6.61 Å². The molecule has 0 heterocycles. The van der Waals surface area contributed by atoms with Crippen molar-refractivity contribution in [2.45, 2.75) is 26.4 Å². The van der Waals surface area contributed by atoms with E-state index in [0.717, 1.165) is 17.7 Å². The zero-order valence-electron chi connectivity index (χ0n) is 14.8. The maximum absolute atomic E-state index is 12.3. The van der Waals surface area contributed by atoms with Gasteiger partial charge in [0, 0.05) is 5.56 Å². The molecule has 0 saturated carbocycles. The second-order valence-corrected chi connectivity index (χ2v) is 5.74. The Kier molecular flexibility index (Phi) is 6.97. The molecule has 2 rings (SSSR count). The van der Waals surface area contributed by atoms with Crippen LogP contribution >= 0.6 is 0 Å². The lowest BCUT2D eigenvalue weighted by molar-refractivity contribution is -0.144. The Balaban J connectivity index is 2.02. The minimum Gasteiger partial charge on any atom is -0.494 e. The van der Waals surface area contributed by atoms with Crippen molar-refractivity contribution in [2.24, 2.45) is 0 Å². The first-order valence-corrected chi connectivity index (χ1v) is 8.44. The molecule has 0 saturated heterocycles. The Morgan fingerprint density at radius 2 is 1.85 bits per heavy atom. The van der Waals surface area contributed by atoms with Gasteiger partial charge in [0.1, 0.15) is 11.5 Å². The van der Waals surface area contributed by atoms with Gasteiger partial charge in [0.2, 0.25) is 0 Å². The predicted octanol–water partition coefficient (Wildman–Crippen LogP) is 4.22. The molecule has 1 atom stereocenters. The highest BCUT2D eigenvalue weighted by Gasteiger charge is 2.12. The fraction of sp³-hybridized carbons (Fsp3) is 0.238. The van der Waals surface area contributed by atoms with Crippen LogP contribution < -0.4 is 9.47 Å². The quantitative estimate of drug-likeness (QED) is 0.539. The number of ketones is 1. The fourth-order valence-electron chi connectivity index (χ4n) is 2.15. The van der Waals surface area contributed by atoms with Crippen LogP contribution in [0.25, 0.3) is 6.08 Å². The average molecular weight is 354 g/mol. The third-order valence-corrected chi connectivity index (χ3v) is 3.56. The van der Waals surface area contributed by atoms with E-state index in [2.05, 4.69) is 0 Å². The molecular formula is C21H22O5. The van der Waals surface area contributed by atoms with Gasteiger partial charge in [-0.25, -0.2) is 4.79 Å². The molecule has 0 amide bonds. The lowest BCUT2D eigenvalue weighted by Crippen LogP contribution is -2.22. The smallest absolute Gasteiger partial charge is 0.344 e. The average Bonchev–Trinajstić information content (AvgIpc) is 2.65. The first-order valence-electron chi connectivity index (χ1n) is 8.44. The van der Waals surface area contributed by atoms with Crippen LogP contribution in [0.3, 0.4) is 0 Å². The number of hydrogen-bond acceptors (Lipinski definition) is 4. The molecule has 0 fully saturated rings. The summed E-state index contributed by atoms with van der Waals surface area (Å²) in [5.41, 5.74) is 1.31. The highest BCUT2D eigenvalue weighted by atomic mass is 16.5. The number of ether oxygens (including phenoxy) is 2. The molecule has 0 aliphatic heterocycles. The number of allylic oxidation sites excluding steroid dienone is 1. The number of carbonyl (C=O) groups excluding carboxylic acids is 1. The second-order valence-electron chi connectivity index (χ2n) is 5.74. The summed E-state index contributed by atoms with van der Waals surface area (Å²) in [6, 6.07) is 13.9. The molecule has 136 valence electrons. The molecule has 5 nitrogen and oxygen atoms in total. The van der Waals surface area contributed by atoms with Gasteiger partial charge in [0.05, 0.1) is 6.61 Å². The standard InChI is InChI=1S/C21H22O5/c1-3-13-25-18-10-8-17(9-11-18)20(22)12-7-16-5-4-6-19(14-16)26-15(2)21(23)24/h4-12,14-15H,3,13H2,1-2H3,(H,23,24)/b12-7+. The summed E-state index contributed by atoms with van der Waals surface area (Å²) in [5, 5.41) is 8.89. The monoisotopic (exact) mass is 354 g/mol. The number of carbonyl (C=O) groups is 2. The van der Waals surface area contributed by atoms with E-state index in [9.17, 15) is 9.59 Å². The SMILES string of the molecule is CCCOc1ccc(C(=O)/C=C/c2cccc(OC(C)C(=O)O)c2)cc1. The van der Waals surface area contributed by atoms with E-state index in [1.165, 1.54) is 13.0 Å². The molecular weight excluding hydrogens is 332 g/mol. The van der Waals surface area contributed by atoms with Gasteiger partial charge in [-0.1, -0.05) is 25.1 Å². The summed E-state index contributed by atoms with van der Waals surface area (Å²) in [6.45, 7) is 4.14. The maximum atomic E-state index is 12.3. The number of carboxylic acids is 1. The van der Waals surface area contributed by atoms with Gasteiger partial charge >= 0.3 is 5.97 Å². The van der Waals surface area contributed by atoms with Crippen molar-refractivity contribution in [1.29, 1.82) is 0 Å². The molecule has 5 heteroatoms. The molecule has 1 unspecified atom stereocenters. The maximum Gasteiger partial charge on any atom is 0.344 e. The Hall–Kier alpha value is -3.08. The van der Waals surface area contributed by atoms with Crippen LogP contribution in [0, 0.1) is 0 Å². The zero-order valence-corrected chi connectivity index (χ0v) is 14.8. The summed E-state index contributed by atoms with van der Waals surface area (Å²) < 4.78 is 10.8. The van der Waals surface area contributed by atoms with Crippen molar-refractivity contribution >= 4 is 17.8 Å². The predicted molar refractivity (Wildman–Crippen MR) is 99.8 cm³/mol. The van der Waals surface area contributed by atoms with Crippen molar-refractivity contribution in [1.82, 2.24) is 0 Å². The fourth-order valence-corrected chi connectivity index (χ4v) is 2.15. The number of hydrogen-bond donors (Lipinski definition) is 1. The number of aliphatic carboxylic acids is 1. The van der Waals surface area contributed by atoms with Crippen LogP contribution in [-0.4, -0.2) is 29.6 Å². The Bertz CT molecular complexity index is 777. The normalized spacial score (nSPS) is 11.9. The molecule has 1 N–H and O–H groups in total. The van der Waals surface area contributed by atoms with E-state index in [1.807, 2.05) is 13.0 Å². The molecule has 0 bridgehead atoms. The molecule has 0 radical (unpaired) electrons. The van der Waals surface area contributed by atoms with Crippen LogP contribution in [0.15, 0.2) is 54.6 Å². The lowest BCUT2D eigenvalue weighted by Gasteiger charge is -2.10. The van der Waals surface area contributed by atoms with Crippen molar-refractivity contribution in [3.05, 3.63) is 65.7 Å². The Labute approximate surface area is 152 Å². The zero-order chi connectivity index (χ0) is 18.9. The summed E-state index contributed by atoms with van der Waals surface area (Å²) in [5.74, 6) is 0.0152. The molecule has 2 aromatic rings. The summed E-state index contributed by atoms with van der Waals surface area (Å²) in [6.07, 6.45) is 3.13. The third-order valence-electron chi connectivity index (χ3n) is 3.56. The highest BCUT2D eigenvalue weighted by Crippen LogP contribution is 2.17. The molecule has 0 aromatic heterocycles. The summed E-state index contributed by atoms with van der Waals surface area (Å²) in [7, 11) is 0. The highest BCUT2D eigenvalue weighted by molar-refractivity contribution is 6.06. The van der Waals surface area contributed by atoms with Crippen LogP contribution in [0.1, 0.15) is 36.2 Å². The van der Waals surface area contributed by atoms with Crippen molar-refractivity contribution in [3.8, 4) is 11.5 Å². The number of rotatable bonds is 9. The van der Waals surface area contributed by atoms with Gasteiger partial charge in [-0.15, -0.1) is 0 Å². The molecule has 0 spiro atoms. The topological polar surface area (TPSA) is 72.8 Å². The Morgan fingerprint density at radius 1 is 1.12 bits per heavy atom. The molecule has 0 aliphatic rings. The minimum atomic E-state index is -1.03. The van der Waals surface area contributed by atoms with E-state index < -0.39 is 12.1 Å². The van der Waals surface area contributed by atoms with Gasteiger partial charge in [0.15, 0.2) is 11.9 Å². The van der Waals surface area contributed by atoms with E-state index in [1.54, 1.807) is 48.5 Å². The van der Waals surface area contributed by atoms with Crippen molar-refractivity contribution < 1.29 is 24.2 Å². The van der Waals surface area contributed by atoms with Crippen LogP contribution in [0.2, 0.25) is 0 Å². The van der Waals surface area contributed by atoms with Crippen LogP contribution in [-0.2, 0) is 4.79 Å². The molecule has 0 aliphatic carbocycles. The van der Waals surface area contributed by atoms with Crippen LogP contribution in [0.5, 0.6) is 11.5 Å². The van der Waals surface area contributed by atoms with Crippen molar-refractivity contribution in [3.63, 3.8) is 0 Å². The van der Waals surface area contributed by atoms with E-state index in [0.29, 0.717) is 17.9 Å². The van der Waals surface area contributed by atoms with E-state index in [-0.39, 0.29) is 5.78 Å². The van der Waals surface area contributed by atoms with E-state index in [4.69, 9.17) is 14.6 Å². The summed E-state index contributed by atoms with van der Waals surface area (Å²) in [4.78, 5) is 23.1. The van der Waals surface area contributed by atoms with Gasteiger partial charge < -0.3 is 14.6 Å². The number of carboxylic acid groups (broad SMARTS) is 1. The van der Waals surface area contributed by atoms with Gasteiger partial charge in [-0.05, 0) is 61.4 Å². The first kappa shape index (κ1) is 19.2. The molecule has 2 aromatic carbocycles. The second kappa shape index (κ2) is 9.42. The van der Waals surface area contributed by atoms with E-state index >= 15 is 0 Å². The van der Waals surface area contributed by atoms with Gasteiger partial charge in [-0.2, -0.15) is 0 Å². The van der Waals surface area contributed by atoms with Crippen LogP contribution in [0.4, 0.5) is 0 Å². The van der Waals surface area contributed by atoms with Gasteiger partial charge in [0.25, 0.3) is 0 Å². The van der Waals surface area contributed by atoms with Gasteiger partial charge in [-0.3, -0.25) is 4.79 Å². The largest absolute Gasteiger partial charge is 0.494 e. The first-order chi connectivity index (χ1) is 12.5. The summed E-state index contributed by atoms with van der Waals surface area (Å²) >= 11 is 0.